The van der Waals surface area contributed by atoms with Gasteiger partial charge in [0.25, 0.3) is 10.1 Å². The summed E-state index contributed by atoms with van der Waals surface area (Å²) in [6, 6.07) is 3.26. The number of halogens is 3. The summed E-state index contributed by atoms with van der Waals surface area (Å²) >= 11 is 0. The van der Waals surface area contributed by atoms with Gasteiger partial charge in [-0.3, -0.25) is 4.55 Å². The molecule has 0 spiro atoms. The minimum absolute atomic E-state index is 0.0379. The van der Waals surface area contributed by atoms with E-state index >= 15 is 0 Å². The molecular weight excluding hydrogens is 309 g/mol. The van der Waals surface area contributed by atoms with Gasteiger partial charge in [0.2, 0.25) is 5.60 Å². The minimum Gasteiger partial charge on any atom is -0.476 e. The summed E-state index contributed by atoms with van der Waals surface area (Å²) in [5.41, 5.74) is -1.27. The van der Waals surface area contributed by atoms with Gasteiger partial charge < -0.3 is 4.74 Å². The van der Waals surface area contributed by atoms with Crippen molar-refractivity contribution in [1.29, 1.82) is 0 Å². The average Bonchev–Trinajstić information content (AvgIpc) is 2.19. The van der Waals surface area contributed by atoms with E-state index in [0.29, 0.717) is 18.1 Å². The second kappa shape index (κ2) is 5.49. The maximum atomic E-state index is 13.2. The monoisotopic (exact) mass is 326 g/mol. The van der Waals surface area contributed by atoms with Gasteiger partial charge >= 0.3 is 6.18 Å². The molecule has 1 atom stereocenters. The molecule has 8 heteroatoms. The maximum absolute atomic E-state index is 13.2. The molecule has 0 aliphatic heterocycles. The zero-order valence-electron chi connectivity index (χ0n) is 12.1. The molecule has 0 fully saturated rings. The van der Waals surface area contributed by atoms with E-state index in [0.717, 1.165) is 5.56 Å². The quantitative estimate of drug-likeness (QED) is 0.863. The first-order valence-electron chi connectivity index (χ1n) is 6.04. The van der Waals surface area contributed by atoms with Crippen molar-refractivity contribution in [3.05, 3.63) is 28.8 Å². The normalized spacial score (nSPS) is 15.6. The second-order valence-corrected chi connectivity index (χ2v) is 6.74. The Labute approximate surface area is 121 Å². The first-order chi connectivity index (χ1) is 9.25. The van der Waals surface area contributed by atoms with Gasteiger partial charge in [0.15, 0.2) is 0 Å². The van der Waals surface area contributed by atoms with E-state index in [9.17, 15) is 21.6 Å². The van der Waals surface area contributed by atoms with Gasteiger partial charge in [0.05, 0.1) is 0 Å². The van der Waals surface area contributed by atoms with Gasteiger partial charge in [-0.05, 0) is 38.8 Å². The number of ether oxygens (including phenoxy) is 1. The highest BCUT2D eigenvalue weighted by Gasteiger charge is 2.56. The van der Waals surface area contributed by atoms with Crippen molar-refractivity contribution in [3.8, 4) is 5.75 Å². The van der Waals surface area contributed by atoms with E-state index in [2.05, 4.69) is 0 Å². The van der Waals surface area contributed by atoms with Crippen molar-refractivity contribution < 1.29 is 30.9 Å². The fourth-order valence-electron chi connectivity index (χ4n) is 2.07. The van der Waals surface area contributed by atoms with Crippen LogP contribution in [0.5, 0.6) is 5.75 Å². The molecule has 0 aliphatic carbocycles. The van der Waals surface area contributed by atoms with E-state index in [1.54, 1.807) is 32.9 Å². The molecular formula is C13H17F3O4S. The summed E-state index contributed by atoms with van der Waals surface area (Å²) in [6.45, 7) is 5.52. The van der Waals surface area contributed by atoms with Crippen LogP contribution in [0, 0.1) is 20.8 Å². The van der Waals surface area contributed by atoms with E-state index in [1.807, 2.05) is 0 Å². The topological polar surface area (TPSA) is 63.6 Å². The molecule has 1 rings (SSSR count). The Morgan fingerprint density at radius 2 is 1.57 bits per heavy atom. The van der Waals surface area contributed by atoms with Crippen LogP contribution in [0.3, 0.4) is 0 Å². The van der Waals surface area contributed by atoms with Gasteiger partial charge in [0, 0.05) is 0 Å². The molecule has 0 saturated carbocycles. The van der Waals surface area contributed by atoms with Crippen LogP contribution in [-0.4, -0.2) is 30.5 Å². The van der Waals surface area contributed by atoms with E-state index in [-0.39, 0.29) is 5.75 Å². The molecule has 0 aromatic heterocycles. The summed E-state index contributed by atoms with van der Waals surface area (Å²) in [5, 5.41) is 0. The molecule has 0 saturated heterocycles. The number of alkyl halides is 3. The molecule has 1 aromatic rings. The molecule has 0 aliphatic rings. The number of benzene rings is 1. The standard InChI is InChI=1S/C13H17F3O4S/c1-8-5-9(2)11(10(3)6-8)20-12(4,13(14,15)16)7-21(17,18)19/h5-6H,7H2,1-4H3,(H,17,18,19). The van der Waals surface area contributed by atoms with Gasteiger partial charge in [-0.1, -0.05) is 17.7 Å². The minimum atomic E-state index is -4.97. The zero-order valence-corrected chi connectivity index (χ0v) is 12.9. The Kier molecular flexibility index (Phi) is 4.65. The van der Waals surface area contributed by atoms with Gasteiger partial charge in [-0.25, -0.2) is 0 Å². The van der Waals surface area contributed by atoms with Crippen molar-refractivity contribution in [2.75, 3.05) is 5.75 Å². The lowest BCUT2D eigenvalue weighted by atomic mass is 10.0. The molecule has 0 radical (unpaired) electrons. The van der Waals surface area contributed by atoms with Gasteiger partial charge in [-0.15, -0.1) is 0 Å². The summed E-state index contributed by atoms with van der Waals surface area (Å²) in [4.78, 5) is 0. The number of aryl methyl sites for hydroxylation is 3. The number of hydrogen-bond donors (Lipinski definition) is 1. The van der Waals surface area contributed by atoms with Crippen LogP contribution in [-0.2, 0) is 10.1 Å². The first kappa shape index (κ1) is 17.8. The van der Waals surface area contributed by atoms with Crippen molar-refractivity contribution >= 4 is 10.1 Å². The van der Waals surface area contributed by atoms with Crippen LogP contribution in [0.4, 0.5) is 13.2 Å². The van der Waals surface area contributed by atoms with Crippen LogP contribution < -0.4 is 4.74 Å². The van der Waals surface area contributed by atoms with Gasteiger partial charge in [0.1, 0.15) is 11.5 Å². The Morgan fingerprint density at radius 3 is 1.90 bits per heavy atom. The van der Waals surface area contributed by atoms with Crippen molar-refractivity contribution in [3.63, 3.8) is 0 Å². The van der Waals surface area contributed by atoms with Crippen molar-refractivity contribution in [2.24, 2.45) is 0 Å². The summed E-state index contributed by atoms with van der Waals surface area (Å²) in [6.07, 6.45) is -4.97. The first-order valence-corrected chi connectivity index (χ1v) is 7.65. The average molecular weight is 326 g/mol. The predicted octanol–water partition coefficient (Wildman–Crippen LogP) is 3.20. The van der Waals surface area contributed by atoms with Crippen LogP contribution >= 0.6 is 0 Å². The van der Waals surface area contributed by atoms with E-state index in [1.165, 1.54) is 0 Å². The summed E-state index contributed by atoms with van der Waals surface area (Å²) in [7, 11) is -4.86. The fourth-order valence-corrected chi connectivity index (χ4v) is 2.99. The third-order valence-corrected chi connectivity index (χ3v) is 3.91. The molecule has 0 bridgehead atoms. The third kappa shape index (κ3) is 4.34. The van der Waals surface area contributed by atoms with Crippen LogP contribution in [0.15, 0.2) is 12.1 Å². The van der Waals surface area contributed by atoms with Gasteiger partial charge in [-0.2, -0.15) is 21.6 Å². The second-order valence-electron chi connectivity index (χ2n) is 5.28. The molecule has 1 aromatic carbocycles. The lowest BCUT2D eigenvalue weighted by Gasteiger charge is -2.32. The SMILES string of the molecule is Cc1cc(C)c(OC(C)(CS(=O)(=O)O)C(F)(F)F)c(C)c1. The molecule has 4 nitrogen and oxygen atoms in total. The number of rotatable bonds is 4. The lowest BCUT2D eigenvalue weighted by Crippen LogP contribution is -2.52. The Morgan fingerprint density at radius 1 is 1.14 bits per heavy atom. The van der Waals surface area contributed by atoms with Crippen molar-refractivity contribution in [2.45, 2.75) is 39.5 Å². The third-order valence-electron chi connectivity index (χ3n) is 2.99. The largest absolute Gasteiger partial charge is 0.476 e. The summed E-state index contributed by atoms with van der Waals surface area (Å²) < 4.78 is 75.0. The Bertz CT molecular complexity index is 614. The molecule has 1 N–H and O–H groups in total. The highest BCUT2D eigenvalue weighted by molar-refractivity contribution is 7.85. The Balaban J connectivity index is 3.33. The number of hydrogen-bond acceptors (Lipinski definition) is 3. The smallest absolute Gasteiger partial charge is 0.429 e. The predicted molar refractivity (Wildman–Crippen MR) is 72.2 cm³/mol. The fraction of sp³-hybridized carbons (Fsp3) is 0.538. The highest BCUT2D eigenvalue weighted by Crippen LogP contribution is 2.38. The highest BCUT2D eigenvalue weighted by atomic mass is 32.2. The van der Waals surface area contributed by atoms with E-state index in [4.69, 9.17) is 9.29 Å². The molecule has 120 valence electrons. The van der Waals surface area contributed by atoms with Crippen LogP contribution in [0.25, 0.3) is 0 Å². The lowest BCUT2D eigenvalue weighted by molar-refractivity contribution is -0.233. The van der Waals surface area contributed by atoms with E-state index < -0.39 is 27.6 Å². The molecule has 1 unspecified atom stereocenters. The molecule has 0 amide bonds. The summed E-state index contributed by atoms with van der Waals surface area (Å²) in [5.74, 6) is -1.61. The Hall–Kier alpha value is -1.28. The van der Waals surface area contributed by atoms with Crippen LogP contribution in [0.1, 0.15) is 23.6 Å². The zero-order chi connectivity index (χ0) is 16.6. The molecule has 0 heterocycles. The van der Waals surface area contributed by atoms with Crippen LogP contribution in [0.2, 0.25) is 0 Å². The van der Waals surface area contributed by atoms with Crippen molar-refractivity contribution in [1.82, 2.24) is 0 Å². The maximum Gasteiger partial charge on any atom is 0.429 e. The molecule has 21 heavy (non-hydrogen) atoms.